The standard InChI is InChI=1S/C23H30O3/c1-13-10-17-18(21(4)8-6-16(25)12-19(13)21)7-9-22(5)20(17)11-14(2)23(22,26)15(3)24/h12,17-18,20,26H,1-2,6-11H2,3-5H3/t17?,18?,20?,21-,22+,23+/m1/s1. The molecule has 4 aliphatic carbocycles. The van der Waals surface area contributed by atoms with Gasteiger partial charge in [-0.25, -0.2) is 0 Å². The Kier molecular flexibility index (Phi) is 3.64. The highest BCUT2D eigenvalue weighted by atomic mass is 16.3. The molecule has 0 aromatic carbocycles. The fraction of sp³-hybridized carbons (Fsp3) is 0.652. The van der Waals surface area contributed by atoms with Gasteiger partial charge >= 0.3 is 0 Å². The van der Waals surface area contributed by atoms with Crippen LogP contribution in [0.2, 0.25) is 0 Å². The normalized spacial score (nSPS) is 47.8. The predicted molar refractivity (Wildman–Crippen MR) is 101 cm³/mol. The Balaban J connectivity index is 1.78. The van der Waals surface area contributed by atoms with Crippen molar-refractivity contribution in [3.63, 3.8) is 0 Å². The number of carbonyl (C=O) groups excluding carboxylic acids is 2. The molecule has 0 aliphatic heterocycles. The molecule has 6 atom stereocenters. The zero-order valence-corrected chi connectivity index (χ0v) is 16.2. The van der Waals surface area contributed by atoms with Crippen molar-refractivity contribution in [1.29, 1.82) is 0 Å². The van der Waals surface area contributed by atoms with E-state index in [2.05, 4.69) is 27.0 Å². The molecule has 0 aromatic rings. The smallest absolute Gasteiger partial charge is 0.166 e. The first-order valence-electron chi connectivity index (χ1n) is 9.90. The van der Waals surface area contributed by atoms with Crippen molar-refractivity contribution >= 4 is 11.6 Å². The average molecular weight is 354 g/mol. The van der Waals surface area contributed by atoms with Gasteiger partial charge < -0.3 is 5.11 Å². The Labute approximate surface area is 156 Å². The van der Waals surface area contributed by atoms with Crippen LogP contribution in [0.1, 0.15) is 59.3 Å². The largest absolute Gasteiger partial charge is 0.377 e. The van der Waals surface area contributed by atoms with Crippen LogP contribution >= 0.6 is 0 Å². The van der Waals surface area contributed by atoms with Gasteiger partial charge in [-0.3, -0.25) is 9.59 Å². The number of Topliss-reactive ketones (excluding diaryl/α,β-unsaturated/α-hetero) is 1. The van der Waals surface area contributed by atoms with Gasteiger partial charge in [-0.05, 0) is 79.4 Å². The Bertz CT molecular complexity index is 774. The molecule has 0 amide bonds. The molecule has 0 heterocycles. The number of rotatable bonds is 1. The Hall–Kier alpha value is -1.48. The molecule has 4 rings (SSSR count). The summed E-state index contributed by atoms with van der Waals surface area (Å²) in [7, 11) is 0. The number of ketones is 2. The van der Waals surface area contributed by atoms with Gasteiger partial charge in [0, 0.05) is 11.8 Å². The van der Waals surface area contributed by atoms with Crippen molar-refractivity contribution in [2.24, 2.45) is 28.6 Å². The molecule has 1 N–H and O–H groups in total. The minimum atomic E-state index is -1.40. The van der Waals surface area contributed by atoms with Crippen LogP contribution in [-0.4, -0.2) is 22.3 Å². The van der Waals surface area contributed by atoms with E-state index in [1.165, 1.54) is 6.92 Å². The van der Waals surface area contributed by atoms with Crippen LogP contribution in [0.5, 0.6) is 0 Å². The van der Waals surface area contributed by atoms with Gasteiger partial charge in [0.25, 0.3) is 0 Å². The summed E-state index contributed by atoms with van der Waals surface area (Å²) in [6, 6.07) is 0. The topological polar surface area (TPSA) is 54.4 Å². The molecular formula is C23H30O3. The Morgan fingerprint density at radius 2 is 1.88 bits per heavy atom. The van der Waals surface area contributed by atoms with Crippen LogP contribution in [0.25, 0.3) is 0 Å². The van der Waals surface area contributed by atoms with Gasteiger partial charge in [-0.15, -0.1) is 0 Å². The van der Waals surface area contributed by atoms with Crippen LogP contribution in [-0.2, 0) is 9.59 Å². The van der Waals surface area contributed by atoms with E-state index in [1.807, 2.05) is 6.08 Å². The molecule has 140 valence electrons. The monoisotopic (exact) mass is 354 g/mol. The molecule has 0 saturated heterocycles. The van der Waals surface area contributed by atoms with Gasteiger partial charge in [0.15, 0.2) is 11.6 Å². The number of hydrogen-bond acceptors (Lipinski definition) is 3. The van der Waals surface area contributed by atoms with Crippen LogP contribution < -0.4 is 0 Å². The molecule has 3 nitrogen and oxygen atoms in total. The Morgan fingerprint density at radius 3 is 2.54 bits per heavy atom. The summed E-state index contributed by atoms with van der Waals surface area (Å²) in [6.45, 7) is 14.3. The van der Waals surface area contributed by atoms with Crippen molar-refractivity contribution in [2.45, 2.75) is 64.9 Å². The fourth-order valence-corrected chi connectivity index (χ4v) is 7.18. The van der Waals surface area contributed by atoms with Crippen molar-refractivity contribution in [3.05, 3.63) is 36.0 Å². The third-order valence-electron chi connectivity index (χ3n) is 8.63. The molecular weight excluding hydrogens is 324 g/mol. The van der Waals surface area contributed by atoms with E-state index in [1.54, 1.807) is 0 Å². The van der Waals surface area contributed by atoms with Crippen LogP contribution in [0.3, 0.4) is 0 Å². The summed E-state index contributed by atoms with van der Waals surface area (Å²) in [5, 5.41) is 11.4. The fourth-order valence-electron chi connectivity index (χ4n) is 7.18. The van der Waals surface area contributed by atoms with E-state index in [-0.39, 0.29) is 22.9 Å². The zero-order chi connectivity index (χ0) is 19.1. The maximum Gasteiger partial charge on any atom is 0.166 e. The van der Waals surface area contributed by atoms with Gasteiger partial charge in [0.05, 0.1) is 0 Å². The van der Waals surface area contributed by atoms with Crippen LogP contribution in [0.15, 0.2) is 36.0 Å². The van der Waals surface area contributed by atoms with Crippen LogP contribution in [0.4, 0.5) is 0 Å². The summed E-state index contributed by atoms with van der Waals surface area (Å²) in [5.41, 5.74) is 1.08. The average Bonchev–Trinajstić information content (AvgIpc) is 2.78. The summed E-state index contributed by atoms with van der Waals surface area (Å²) < 4.78 is 0. The highest BCUT2D eigenvalue weighted by Gasteiger charge is 2.67. The molecule has 3 unspecified atom stereocenters. The number of fused-ring (bicyclic) bond motifs is 5. The lowest BCUT2D eigenvalue weighted by molar-refractivity contribution is -0.153. The van der Waals surface area contributed by atoms with E-state index < -0.39 is 11.0 Å². The third kappa shape index (κ3) is 1.93. The molecule has 3 fully saturated rings. The lowest BCUT2D eigenvalue weighted by Crippen LogP contribution is -2.57. The van der Waals surface area contributed by atoms with Gasteiger partial charge in [0.2, 0.25) is 0 Å². The van der Waals surface area contributed by atoms with E-state index >= 15 is 0 Å². The number of carbonyl (C=O) groups is 2. The summed E-state index contributed by atoms with van der Waals surface area (Å²) in [6.07, 6.45) is 6.74. The SMILES string of the molecule is C=C1CC2C(CC[C@@]3(C)C2CC(=C)[C@]3(O)C(C)=O)[C@@]2(C)CCC(=O)C=C12. The Morgan fingerprint density at radius 1 is 1.19 bits per heavy atom. The molecule has 3 saturated carbocycles. The predicted octanol–water partition coefficient (Wildman–Crippen LogP) is 4.17. The number of allylic oxidation sites excluding steroid dienone is 2. The number of hydrogen-bond donors (Lipinski definition) is 1. The minimum Gasteiger partial charge on any atom is -0.377 e. The molecule has 0 aromatic heterocycles. The minimum absolute atomic E-state index is 0.00645. The van der Waals surface area contributed by atoms with Gasteiger partial charge in [-0.2, -0.15) is 0 Å². The van der Waals surface area contributed by atoms with E-state index in [0.29, 0.717) is 23.8 Å². The van der Waals surface area contributed by atoms with E-state index in [0.717, 1.165) is 43.3 Å². The van der Waals surface area contributed by atoms with Gasteiger partial charge in [-0.1, -0.05) is 32.6 Å². The highest BCUT2D eigenvalue weighted by Crippen LogP contribution is 2.69. The quantitative estimate of drug-likeness (QED) is 0.719. The van der Waals surface area contributed by atoms with Crippen molar-refractivity contribution in [2.75, 3.05) is 0 Å². The maximum absolute atomic E-state index is 12.4. The van der Waals surface area contributed by atoms with Crippen molar-refractivity contribution in [1.82, 2.24) is 0 Å². The van der Waals surface area contributed by atoms with Gasteiger partial charge in [0.1, 0.15) is 5.60 Å². The second-order valence-electron chi connectivity index (χ2n) is 9.66. The second-order valence-corrected chi connectivity index (χ2v) is 9.66. The molecule has 3 heteroatoms. The van der Waals surface area contributed by atoms with E-state index in [9.17, 15) is 14.7 Å². The third-order valence-corrected chi connectivity index (χ3v) is 8.63. The van der Waals surface area contributed by atoms with Crippen LogP contribution in [0, 0.1) is 28.6 Å². The van der Waals surface area contributed by atoms with E-state index in [4.69, 9.17) is 0 Å². The molecule has 0 spiro atoms. The summed E-state index contributed by atoms with van der Waals surface area (Å²) in [4.78, 5) is 24.4. The first-order valence-corrected chi connectivity index (χ1v) is 9.90. The zero-order valence-electron chi connectivity index (χ0n) is 16.2. The lowest BCUT2D eigenvalue weighted by atomic mass is 9.45. The van der Waals surface area contributed by atoms with Crippen molar-refractivity contribution < 1.29 is 14.7 Å². The number of aliphatic hydroxyl groups is 1. The first-order chi connectivity index (χ1) is 12.1. The van der Waals surface area contributed by atoms with Crippen molar-refractivity contribution in [3.8, 4) is 0 Å². The lowest BCUT2D eigenvalue weighted by Gasteiger charge is -2.59. The first kappa shape index (κ1) is 17.9. The molecule has 4 aliphatic rings. The second kappa shape index (κ2) is 5.28. The highest BCUT2D eigenvalue weighted by molar-refractivity contribution is 5.92. The summed E-state index contributed by atoms with van der Waals surface area (Å²) >= 11 is 0. The molecule has 26 heavy (non-hydrogen) atoms. The maximum atomic E-state index is 12.4. The molecule has 0 bridgehead atoms. The summed E-state index contributed by atoms with van der Waals surface area (Å²) in [5.74, 6) is 1.17. The molecule has 0 radical (unpaired) electrons.